The van der Waals surface area contributed by atoms with Gasteiger partial charge in [0.1, 0.15) is 17.2 Å². The second-order valence-corrected chi connectivity index (χ2v) is 6.24. The molecule has 0 fully saturated rings. The number of aliphatic imine (C=N–C) groups is 1. The molecule has 0 saturated heterocycles. The number of nitrogens with zero attached hydrogens (tertiary/aromatic N) is 1. The van der Waals surface area contributed by atoms with Gasteiger partial charge in [0.05, 0.1) is 18.2 Å². The number of benzene rings is 1. The summed E-state index contributed by atoms with van der Waals surface area (Å²) in [4.78, 5) is 28.6. The Kier molecular flexibility index (Phi) is 5.51. The van der Waals surface area contributed by atoms with Crippen LogP contribution in [-0.2, 0) is 20.9 Å². The molecule has 0 bridgehead atoms. The van der Waals surface area contributed by atoms with Crippen molar-refractivity contribution in [1.29, 1.82) is 0 Å². The molecule has 0 saturated carbocycles. The molecule has 0 radical (unpaired) electrons. The SMILES string of the molecule is CCOC(=O)C1=C(NCc2ccc(F)cc2F)C2C=CC(Cl)=CC2=NC1=O. The number of esters is 1. The van der Waals surface area contributed by atoms with Crippen LogP contribution in [0.3, 0.4) is 0 Å². The molecule has 1 atom stereocenters. The second-order valence-electron chi connectivity index (χ2n) is 5.81. The zero-order chi connectivity index (χ0) is 19.6. The molecule has 0 spiro atoms. The summed E-state index contributed by atoms with van der Waals surface area (Å²) in [7, 11) is 0. The first kappa shape index (κ1) is 19.0. The van der Waals surface area contributed by atoms with E-state index >= 15 is 0 Å². The third-order valence-electron chi connectivity index (χ3n) is 4.04. The lowest BCUT2D eigenvalue weighted by Crippen LogP contribution is -2.35. The van der Waals surface area contributed by atoms with Gasteiger partial charge in [0.25, 0.3) is 5.91 Å². The first-order chi connectivity index (χ1) is 12.9. The van der Waals surface area contributed by atoms with Crippen molar-refractivity contribution in [2.75, 3.05) is 6.61 Å². The normalized spacial score (nSPS) is 18.7. The molecule has 1 aromatic carbocycles. The second kappa shape index (κ2) is 7.84. The smallest absolute Gasteiger partial charge is 0.345 e. The summed E-state index contributed by atoms with van der Waals surface area (Å²) in [5.74, 6) is -3.55. The number of rotatable bonds is 5. The van der Waals surface area contributed by atoms with Gasteiger partial charge >= 0.3 is 5.97 Å². The highest BCUT2D eigenvalue weighted by atomic mass is 35.5. The predicted octanol–water partition coefficient (Wildman–Crippen LogP) is 3.16. The molecule has 1 amide bonds. The van der Waals surface area contributed by atoms with Crippen molar-refractivity contribution in [3.8, 4) is 0 Å². The van der Waals surface area contributed by atoms with Crippen LogP contribution >= 0.6 is 11.6 Å². The molecule has 3 rings (SSSR count). The first-order valence-corrected chi connectivity index (χ1v) is 8.56. The number of fused-ring (bicyclic) bond motifs is 1. The van der Waals surface area contributed by atoms with Gasteiger partial charge in [-0.2, -0.15) is 0 Å². The number of dihydropyridines is 1. The van der Waals surface area contributed by atoms with E-state index in [9.17, 15) is 18.4 Å². The third kappa shape index (κ3) is 3.98. The van der Waals surface area contributed by atoms with Gasteiger partial charge in [0.15, 0.2) is 0 Å². The molecule has 1 aliphatic heterocycles. The number of allylic oxidation sites excluding steroid dienone is 4. The maximum absolute atomic E-state index is 13.9. The Morgan fingerprint density at radius 3 is 2.85 bits per heavy atom. The third-order valence-corrected chi connectivity index (χ3v) is 4.28. The number of halogens is 3. The predicted molar refractivity (Wildman–Crippen MR) is 95.9 cm³/mol. The van der Waals surface area contributed by atoms with Crippen molar-refractivity contribution < 1.29 is 23.1 Å². The number of ether oxygens (including phenoxy) is 1. The summed E-state index contributed by atoms with van der Waals surface area (Å²) < 4.78 is 32.0. The molecule has 27 heavy (non-hydrogen) atoms. The van der Waals surface area contributed by atoms with E-state index in [0.717, 1.165) is 12.1 Å². The van der Waals surface area contributed by atoms with Gasteiger partial charge in [-0.15, -0.1) is 0 Å². The van der Waals surface area contributed by atoms with Crippen LogP contribution < -0.4 is 5.32 Å². The fourth-order valence-electron chi connectivity index (χ4n) is 2.81. The van der Waals surface area contributed by atoms with Gasteiger partial charge in [-0.3, -0.25) is 4.79 Å². The standard InChI is InChI=1S/C19H15ClF2N2O3/c1-2-27-19(26)16-17(23-9-10-3-5-12(21)8-14(10)22)13-6-4-11(20)7-15(13)24-18(16)25/h3-8,13,23H,2,9H2,1H3. The van der Waals surface area contributed by atoms with E-state index in [2.05, 4.69) is 10.3 Å². The number of hydrogen-bond donors (Lipinski definition) is 1. The van der Waals surface area contributed by atoms with Crippen LogP contribution in [0.5, 0.6) is 0 Å². The minimum Gasteiger partial charge on any atom is -0.462 e. The van der Waals surface area contributed by atoms with Gasteiger partial charge in [-0.05, 0) is 25.1 Å². The van der Waals surface area contributed by atoms with Crippen LogP contribution in [0.15, 0.2) is 57.7 Å². The van der Waals surface area contributed by atoms with Gasteiger partial charge in [-0.25, -0.2) is 18.6 Å². The summed E-state index contributed by atoms with van der Waals surface area (Å²) in [6.45, 7) is 1.63. The maximum atomic E-state index is 13.9. The van der Waals surface area contributed by atoms with E-state index < -0.39 is 29.4 Å². The minimum absolute atomic E-state index is 0.0628. The summed E-state index contributed by atoms with van der Waals surface area (Å²) >= 11 is 5.96. The van der Waals surface area contributed by atoms with Crippen LogP contribution in [0.2, 0.25) is 0 Å². The van der Waals surface area contributed by atoms with Crippen molar-refractivity contribution >= 4 is 29.2 Å². The highest BCUT2D eigenvalue weighted by Gasteiger charge is 2.35. The van der Waals surface area contributed by atoms with Crippen molar-refractivity contribution in [2.45, 2.75) is 13.5 Å². The topological polar surface area (TPSA) is 67.8 Å². The average molecular weight is 393 g/mol. The summed E-state index contributed by atoms with van der Waals surface area (Å²) in [5, 5.41) is 3.31. The molecule has 0 aromatic heterocycles. The molecule has 1 heterocycles. The number of carbonyl (C=O) groups excluding carboxylic acids is 2. The van der Waals surface area contributed by atoms with Crippen molar-refractivity contribution in [2.24, 2.45) is 10.9 Å². The van der Waals surface area contributed by atoms with Crippen molar-refractivity contribution in [3.63, 3.8) is 0 Å². The number of hydrogen-bond acceptors (Lipinski definition) is 4. The van der Waals surface area contributed by atoms with E-state index in [1.54, 1.807) is 19.1 Å². The minimum atomic E-state index is -0.818. The van der Waals surface area contributed by atoms with Gasteiger partial charge in [0.2, 0.25) is 0 Å². The Bertz CT molecular complexity index is 935. The Labute approximate surface area is 159 Å². The molecule has 1 aromatic rings. The Morgan fingerprint density at radius 1 is 1.37 bits per heavy atom. The summed E-state index contributed by atoms with van der Waals surface area (Å²) in [6, 6.07) is 3.18. The molecule has 8 heteroatoms. The number of amides is 1. The van der Waals surface area contributed by atoms with Crippen LogP contribution in [0.1, 0.15) is 12.5 Å². The lowest BCUT2D eigenvalue weighted by atomic mass is 9.88. The monoisotopic (exact) mass is 392 g/mol. The number of nitrogens with one attached hydrogen (secondary N) is 1. The zero-order valence-corrected chi connectivity index (χ0v) is 15.0. The molecule has 1 aliphatic carbocycles. The summed E-state index contributed by atoms with van der Waals surface area (Å²) in [5.41, 5.74) is 0.535. The van der Waals surface area contributed by atoms with Crippen LogP contribution in [0, 0.1) is 17.6 Å². The van der Waals surface area contributed by atoms with Crippen LogP contribution in [0.25, 0.3) is 0 Å². The Balaban J connectivity index is 1.97. The summed E-state index contributed by atoms with van der Waals surface area (Å²) in [6.07, 6.45) is 4.81. The highest BCUT2D eigenvalue weighted by molar-refractivity contribution is 6.34. The largest absolute Gasteiger partial charge is 0.462 e. The molecule has 5 nitrogen and oxygen atoms in total. The van der Waals surface area contributed by atoms with Crippen LogP contribution in [0.4, 0.5) is 8.78 Å². The molecule has 1 unspecified atom stereocenters. The average Bonchev–Trinajstić information content (AvgIpc) is 2.60. The van der Waals surface area contributed by atoms with E-state index in [0.29, 0.717) is 10.7 Å². The van der Waals surface area contributed by atoms with E-state index in [1.807, 2.05) is 0 Å². The lowest BCUT2D eigenvalue weighted by molar-refractivity contribution is -0.140. The fraction of sp³-hybridized carbons (Fsp3) is 0.211. The van der Waals surface area contributed by atoms with Crippen molar-refractivity contribution in [3.05, 3.63) is 69.9 Å². The van der Waals surface area contributed by atoms with E-state index in [1.165, 1.54) is 12.1 Å². The van der Waals surface area contributed by atoms with Crippen molar-refractivity contribution in [1.82, 2.24) is 5.32 Å². The highest BCUT2D eigenvalue weighted by Crippen LogP contribution is 2.29. The molecule has 2 aliphatic rings. The van der Waals surface area contributed by atoms with Crippen LogP contribution in [-0.4, -0.2) is 24.2 Å². The fourth-order valence-corrected chi connectivity index (χ4v) is 2.99. The van der Waals surface area contributed by atoms with Gasteiger partial charge in [0, 0.05) is 28.9 Å². The number of carbonyl (C=O) groups is 2. The molecule has 1 N–H and O–H groups in total. The first-order valence-electron chi connectivity index (χ1n) is 8.18. The van der Waals surface area contributed by atoms with Gasteiger partial charge in [-0.1, -0.05) is 23.7 Å². The Hall–Kier alpha value is -2.80. The Morgan fingerprint density at radius 2 is 2.15 bits per heavy atom. The molecule has 140 valence electrons. The van der Waals surface area contributed by atoms with Gasteiger partial charge < -0.3 is 10.1 Å². The quantitative estimate of drug-likeness (QED) is 0.617. The lowest BCUT2D eigenvalue weighted by Gasteiger charge is -2.27. The molecular formula is C19H15ClF2N2O3. The van der Waals surface area contributed by atoms with E-state index in [4.69, 9.17) is 16.3 Å². The van der Waals surface area contributed by atoms with E-state index in [-0.39, 0.29) is 30.0 Å². The maximum Gasteiger partial charge on any atom is 0.345 e. The molecular weight excluding hydrogens is 378 g/mol. The zero-order valence-electron chi connectivity index (χ0n) is 14.3.